The van der Waals surface area contributed by atoms with Crippen molar-refractivity contribution < 1.29 is 8.42 Å². The summed E-state index contributed by atoms with van der Waals surface area (Å²) in [7, 11) is -3.36. The fraction of sp³-hybridized carbons (Fsp3) is 0.500. The Balaban J connectivity index is 2.63. The van der Waals surface area contributed by atoms with Crippen LogP contribution >= 0.6 is 15.9 Å². The van der Waals surface area contributed by atoms with Gasteiger partial charge in [0.25, 0.3) is 0 Å². The molecular weight excluding hydrogens is 302 g/mol. The molecule has 17 heavy (non-hydrogen) atoms. The van der Waals surface area contributed by atoms with Gasteiger partial charge in [-0.1, -0.05) is 35.0 Å². The SMILES string of the molecule is CCC(Br)CCNS(=O)(=O)c1cccc(C)c1. The molecule has 96 valence electrons. The van der Waals surface area contributed by atoms with Crippen LogP contribution in [0.5, 0.6) is 0 Å². The van der Waals surface area contributed by atoms with Gasteiger partial charge in [0.1, 0.15) is 0 Å². The Labute approximate surface area is 112 Å². The first-order valence-corrected chi connectivity index (χ1v) is 8.06. The standard InChI is InChI=1S/C12H18BrNO2S/c1-3-11(13)7-8-14-17(15,16)12-6-4-5-10(2)9-12/h4-6,9,11,14H,3,7-8H2,1-2H3. The van der Waals surface area contributed by atoms with E-state index in [2.05, 4.69) is 27.6 Å². The highest BCUT2D eigenvalue weighted by Gasteiger charge is 2.13. The number of benzene rings is 1. The molecular formula is C12H18BrNO2S. The van der Waals surface area contributed by atoms with E-state index in [9.17, 15) is 8.42 Å². The molecule has 0 aliphatic carbocycles. The van der Waals surface area contributed by atoms with Crippen LogP contribution in [0.2, 0.25) is 0 Å². The van der Waals surface area contributed by atoms with Crippen LogP contribution in [0.1, 0.15) is 25.3 Å². The number of halogens is 1. The molecule has 1 unspecified atom stereocenters. The maximum atomic E-state index is 11.9. The molecule has 0 fully saturated rings. The lowest BCUT2D eigenvalue weighted by molar-refractivity contribution is 0.577. The fourth-order valence-electron chi connectivity index (χ4n) is 1.42. The Kier molecular flexibility index (Phi) is 5.62. The van der Waals surface area contributed by atoms with E-state index in [0.717, 1.165) is 18.4 Å². The zero-order chi connectivity index (χ0) is 12.9. The molecule has 1 N–H and O–H groups in total. The number of aryl methyl sites for hydroxylation is 1. The Hall–Kier alpha value is -0.390. The summed E-state index contributed by atoms with van der Waals surface area (Å²) in [5, 5.41) is 0. The van der Waals surface area contributed by atoms with E-state index in [1.165, 1.54) is 0 Å². The second-order valence-electron chi connectivity index (χ2n) is 4.01. The van der Waals surface area contributed by atoms with Gasteiger partial charge in [0, 0.05) is 11.4 Å². The van der Waals surface area contributed by atoms with Crippen molar-refractivity contribution in [2.75, 3.05) is 6.54 Å². The molecule has 1 atom stereocenters. The van der Waals surface area contributed by atoms with Gasteiger partial charge in [-0.3, -0.25) is 0 Å². The van der Waals surface area contributed by atoms with Gasteiger partial charge in [0.05, 0.1) is 4.90 Å². The zero-order valence-corrected chi connectivity index (χ0v) is 12.5. The number of sulfonamides is 1. The van der Waals surface area contributed by atoms with Crippen LogP contribution in [-0.2, 0) is 10.0 Å². The van der Waals surface area contributed by atoms with Gasteiger partial charge in [-0.25, -0.2) is 13.1 Å². The Morgan fingerprint density at radius 2 is 2.12 bits per heavy atom. The third-order valence-corrected chi connectivity index (χ3v) is 5.06. The van der Waals surface area contributed by atoms with E-state index < -0.39 is 10.0 Å². The monoisotopic (exact) mass is 319 g/mol. The van der Waals surface area contributed by atoms with E-state index in [1.54, 1.807) is 18.2 Å². The minimum Gasteiger partial charge on any atom is -0.211 e. The Bertz CT molecular complexity index is 459. The third-order valence-electron chi connectivity index (χ3n) is 2.49. The third kappa shape index (κ3) is 4.77. The number of rotatable bonds is 6. The predicted molar refractivity (Wildman–Crippen MR) is 74.0 cm³/mol. The lowest BCUT2D eigenvalue weighted by Crippen LogP contribution is -2.26. The first-order chi connectivity index (χ1) is 7.95. The fourth-order valence-corrected chi connectivity index (χ4v) is 2.80. The highest BCUT2D eigenvalue weighted by atomic mass is 79.9. The van der Waals surface area contributed by atoms with Crippen molar-refractivity contribution in [1.29, 1.82) is 0 Å². The summed E-state index contributed by atoms with van der Waals surface area (Å²) in [5.41, 5.74) is 0.944. The highest BCUT2D eigenvalue weighted by Crippen LogP contribution is 2.12. The molecule has 0 heterocycles. The largest absolute Gasteiger partial charge is 0.240 e. The van der Waals surface area contributed by atoms with Crippen molar-refractivity contribution in [3.05, 3.63) is 29.8 Å². The van der Waals surface area contributed by atoms with Gasteiger partial charge >= 0.3 is 0 Å². The van der Waals surface area contributed by atoms with Crippen molar-refractivity contribution in [2.24, 2.45) is 0 Å². The number of hydrogen-bond donors (Lipinski definition) is 1. The molecule has 0 saturated heterocycles. The van der Waals surface area contributed by atoms with Gasteiger partial charge < -0.3 is 0 Å². The van der Waals surface area contributed by atoms with Gasteiger partial charge in [0.15, 0.2) is 0 Å². The van der Waals surface area contributed by atoms with E-state index in [0.29, 0.717) is 16.3 Å². The van der Waals surface area contributed by atoms with Crippen molar-refractivity contribution in [1.82, 2.24) is 4.72 Å². The zero-order valence-electron chi connectivity index (χ0n) is 10.1. The molecule has 0 aliphatic heterocycles. The van der Waals surface area contributed by atoms with E-state index in [1.807, 2.05) is 13.0 Å². The molecule has 1 aromatic carbocycles. The molecule has 0 amide bonds. The minimum absolute atomic E-state index is 0.333. The summed E-state index contributed by atoms with van der Waals surface area (Å²) in [6, 6.07) is 6.92. The molecule has 5 heteroatoms. The van der Waals surface area contributed by atoms with Crippen LogP contribution in [-0.4, -0.2) is 19.8 Å². The lowest BCUT2D eigenvalue weighted by Gasteiger charge is -2.09. The molecule has 1 aromatic rings. The van der Waals surface area contributed by atoms with Crippen LogP contribution in [0.15, 0.2) is 29.2 Å². The van der Waals surface area contributed by atoms with Crippen LogP contribution in [0.3, 0.4) is 0 Å². The molecule has 0 spiro atoms. The average Bonchev–Trinajstić information content (AvgIpc) is 2.28. The smallest absolute Gasteiger partial charge is 0.211 e. The first-order valence-electron chi connectivity index (χ1n) is 5.66. The van der Waals surface area contributed by atoms with Crippen molar-refractivity contribution >= 4 is 26.0 Å². The second-order valence-corrected chi connectivity index (χ2v) is 7.07. The number of alkyl halides is 1. The topological polar surface area (TPSA) is 46.2 Å². The van der Waals surface area contributed by atoms with Crippen molar-refractivity contribution in [2.45, 2.75) is 36.4 Å². The summed E-state index contributed by atoms with van der Waals surface area (Å²) in [5.74, 6) is 0. The van der Waals surface area contributed by atoms with Gasteiger partial charge in [-0.2, -0.15) is 0 Å². The van der Waals surface area contributed by atoms with Gasteiger partial charge in [-0.15, -0.1) is 0 Å². The van der Waals surface area contributed by atoms with E-state index >= 15 is 0 Å². The first kappa shape index (κ1) is 14.7. The minimum atomic E-state index is -3.36. The van der Waals surface area contributed by atoms with E-state index in [-0.39, 0.29) is 0 Å². The normalized spacial score (nSPS) is 13.6. The van der Waals surface area contributed by atoms with Crippen LogP contribution in [0.25, 0.3) is 0 Å². The average molecular weight is 320 g/mol. The van der Waals surface area contributed by atoms with Crippen LogP contribution in [0.4, 0.5) is 0 Å². The number of hydrogen-bond acceptors (Lipinski definition) is 2. The molecule has 0 radical (unpaired) electrons. The van der Waals surface area contributed by atoms with Gasteiger partial charge in [-0.05, 0) is 37.5 Å². The summed E-state index contributed by atoms with van der Waals surface area (Å²) in [4.78, 5) is 0.697. The van der Waals surface area contributed by atoms with Crippen LogP contribution < -0.4 is 4.72 Å². The maximum Gasteiger partial charge on any atom is 0.240 e. The summed E-state index contributed by atoms with van der Waals surface area (Å²) < 4.78 is 26.5. The maximum absolute atomic E-state index is 11.9. The summed E-state index contributed by atoms with van der Waals surface area (Å²) >= 11 is 3.48. The second kappa shape index (κ2) is 6.52. The number of nitrogens with one attached hydrogen (secondary N) is 1. The Morgan fingerprint density at radius 1 is 1.41 bits per heavy atom. The molecule has 0 aliphatic rings. The molecule has 3 nitrogen and oxygen atoms in total. The van der Waals surface area contributed by atoms with E-state index in [4.69, 9.17) is 0 Å². The van der Waals surface area contributed by atoms with Crippen molar-refractivity contribution in [3.8, 4) is 0 Å². The quantitative estimate of drug-likeness (QED) is 0.819. The summed E-state index contributed by atoms with van der Waals surface area (Å²) in [6.07, 6.45) is 1.79. The Morgan fingerprint density at radius 3 is 2.71 bits per heavy atom. The van der Waals surface area contributed by atoms with Gasteiger partial charge in [0.2, 0.25) is 10.0 Å². The van der Waals surface area contributed by atoms with Crippen molar-refractivity contribution in [3.63, 3.8) is 0 Å². The predicted octanol–water partition coefficient (Wildman–Crippen LogP) is 2.84. The molecule has 1 rings (SSSR count). The summed E-state index contributed by atoms with van der Waals surface area (Å²) in [6.45, 7) is 4.40. The van der Waals surface area contributed by atoms with Crippen LogP contribution in [0, 0.1) is 6.92 Å². The highest BCUT2D eigenvalue weighted by molar-refractivity contribution is 9.09. The molecule has 0 saturated carbocycles. The molecule has 0 aromatic heterocycles. The molecule has 0 bridgehead atoms. The lowest BCUT2D eigenvalue weighted by atomic mass is 10.2.